The molecule has 2 amide bonds. The van der Waals surface area contributed by atoms with Gasteiger partial charge in [-0.05, 0) is 44.0 Å². The van der Waals surface area contributed by atoms with E-state index in [9.17, 15) is 9.59 Å². The van der Waals surface area contributed by atoms with Gasteiger partial charge in [0.2, 0.25) is 11.7 Å². The summed E-state index contributed by atoms with van der Waals surface area (Å²) in [5.41, 5.74) is 0.793. The predicted molar refractivity (Wildman–Crippen MR) is 93.9 cm³/mol. The molecule has 0 saturated carbocycles. The van der Waals surface area contributed by atoms with Gasteiger partial charge in [-0.15, -0.1) is 5.10 Å². The van der Waals surface area contributed by atoms with E-state index < -0.39 is 0 Å². The number of rotatable bonds is 6. The van der Waals surface area contributed by atoms with Crippen LogP contribution in [-0.4, -0.2) is 51.1 Å². The highest BCUT2D eigenvalue weighted by Gasteiger charge is 2.19. The lowest BCUT2D eigenvalue weighted by molar-refractivity contribution is -0.127. The second-order valence-electron chi connectivity index (χ2n) is 5.96. The molecule has 0 atom stereocenters. The van der Waals surface area contributed by atoms with Gasteiger partial charge in [-0.25, -0.2) is 9.67 Å². The summed E-state index contributed by atoms with van der Waals surface area (Å²) < 4.78 is 1.61. The van der Waals surface area contributed by atoms with Crippen LogP contribution in [0.3, 0.4) is 0 Å². The topological polar surface area (TPSA) is 80.1 Å². The van der Waals surface area contributed by atoms with E-state index in [-0.39, 0.29) is 17.6 Å². The molecule has 1 fully saturated rings. The Morgan fingerprint density at radius 3 is 2.76 bits per heavy atom. The maximum Gasteiger partial charge on any atom is 0.290 e. The SMILES string of the molecule is Cc1nc(C(=O)NCCCN2CCCC2=O)nn1-c1ccc(Cl)cc1. The molecule has 0 unspecified atom stereocenters. The Morgan fingerprint density at radius 1 is 1.32 bits per heavy atom. The highest BCUT2D eigenvalue weighted by molar-refractivity contribution is 6.30. The summed E-state index contributed by atoms with van der Waals surface area (Å²) >= 11 is 5.89. The molecule has 2 aromatic rings. The first-order chi connectivity index (χ1) is 12.0. The van der Waals surface area contributed by atoms with Crippen LogP contribution in [0.25, 0.3) is 5.69 Å². The van der Waals surface area contributed by atoms with Crippen LogP contribution in [0.4, 0.5) is 0 Å². The zero-order valence-electron chi connectivity index (χ0n) is 14.0. The van der Waals surface area contributed by atoms with Gasteiger partial charge >= 0.3 is 0 Å². The molecular formula is C17H20ClN5O2. The van der Waals surface area contributed by atoms with Crippen LogP contribution in [-0.2, 0) is 4.79 Å². The summed E-state index contributed by atoms with van der Waals surface area (Å²) in [4.78, 5) is 29.8. The number of hydrogen-bond donors (Lipinski definition) is 1. The molecule has 8 heteroatoms. The second-order valence-corrected chi connectivity index (χ2v) is 6.40. The molecule has 7 nitrogen and oxygen atoms in total. The standard InChI is InChI=1S/C17H20ClN5O2/c1-12-20-16(21-23(12)14-7-5-13(18)6-8-14)17(25)19-9-3-11-22-10-2-4-15(22)24/h5-8H,2-4,9-11H2,1H3,(H,19,25). The van der Waals surface area contributed by atoms with E-state index in [1.165, 1.54) is 0 Å². The van der Waals surface area contributed by atoms with Crippen molar-refractivity contribution in [2.75, 3.05) is 19.6 Å². The number of benzene rings is 1. The molecule has 1 aliphatic heterocycles. The van der Waals surface area contributed by atoms with Crippen LogP contribution >= 0.6 is 11.6 Å². The highest BCUT2D eigenvalue weighted by Crippen LogP contribution is 2.14. The molecule has 25 heavy (non-hydrogen) atoms. The van der Waals surface area contributed by atoms with Crippen molar-refractivity contribution in [1.29, 1.82) is 0 Å². The third-order valence-electron chi connectivity index (χ3n) is 4.10. The van der Waals surface area contributed by atoms with Gasteiger partial charge in [-0.3, -0.25) is 9.59 Å². The van der Waals surface area contributed by atoms with Gasteiger partial charge in [0.05, 0.1) is 5.69 Å². The zero-order chi connectivity index (χ0) is 17.8. The largest absolute Gasteiger partial charge is 0.349 e. The van der Waals surface area contributed by atoms with Crippen molar-refractivity contribution in [1.82, 2.24) is 25.0 Å². The molecular weight excluding hydrogens is 342 g/mol. The van der Waals surface area contributed by atoms with Crippen molar-refractivity contribution in [3.05, 3.63) is 40.9 Å². The first-order valence-corrected chi connectivity index (χ1v) is 8.68. The third-order valence-corrected chi connectivity index (χ3v) is 4.36. The molecule has 1 N–H and O–H groups in total. The predicted octanol–water partition coefficient (Wildman–Crippen LogP) is 1.97. The van der Waals surface area contributed by atoms with Crippen LogP contribution in [0.2, 0.25) is 5.02 Å². The monoisotopic (exact) mass is 361 g/mol. The van der Waals surface area contributed by atoms with Gasteiger partial charge < -0.3 is 10.2 Å². The Balaban J connectivity index is 1.55. The highest BCUT2D eigenvalue weighted by atomic mass is 35.5. The third kappa shape index (κ3) is 4.17. The minimum atomic E-state index is -0.316. The number of carbonyl (C=O) groups is 2. The summed E-state index contributed by atoms with van der Waals surface area (Å²) in [6.45, 7) is 3.76. The Labute approximate surface area is 151 Å². The van der Waals surface area contributed by atoms with Gasteiger partial charge in [0.25, 0.3) is 5.91 Å². The average molecular weight is 362 g/mol. The van der Waals surface area contributed by atoms with E-state index >= 15 is 0 Å². The lowest BCUT2D eigenvalue weighted by Crippen LogP contribution is -2.31. The Bertz CT molecular complexity index is 772. The number of carbonyl (C=O) groups excluding carboxylic acids is 2. The van der Waals surface area contributed by atoms with Gasteiger partial charge in [-0.2, -0.15) is 0 Å². The smallest absolute Gasteiger partial charge is 0.290 e. The minimum Gasteiger partial charge on any atom is -0.349 e. The number of aromatic nitrogens is 3. The fourth-order valence-corrected chi connectivity index (χ4v) is 2.93. The lowest BCUT2D eigenvalue weighted by atomic mass is 10.3. The van der Waals surface area contributed by atoms with Crippen LogP contribution in [0.1, 0.15) is 35.7 Å². The quantitative estimate of drug-likeness (QED) is 0.798. The average Bonchev–Trinajstić information content (AvgIpc) is 3.18. The zero-order valence-corrected chi connectivity index (χ0v) is 14.8. The maximum atomic E-state index is 12.2. The van der Waals surface area contributed by atoms with E-state index in [1.807, 2.05) is 17.0 Å². The van der Waals surface area contributed by atoms with Crippen molar-refractivity contribution in [3.8, 4) is 5.69 Å². The normalized spacial score (nSPS) is 14.2. The number of nitrogens with zero attached hydrogens (tertiary/aromatic N) is 4. The Hall–Kier alpha value is -2.41. The number of nitrogens with one attached hydrogen (secondary N) is 1. The number of aryl methyl sites for hydroxylation is 1. The first-order valence-electron chi connectivity index (χ1n) is 8.30. The van der Waals surface area contributed by atoms with Gasteiger partial charge in [0.15, 0.2) is 0 Å². The molecule has 1 saturated heterocycles. The Kier molecular flexibility index (Phi) is 5.33. The van der Waals surface area contributed by atoms with Crippen LogP contribution in [0, 0.1) is 6.92 Å². The lowest BCUT2D eigenvalue weighted by Gasteiger charge is -2.14. The summed E-state index contributed by atoms with van der Waals surface area (Å²) in [6.07, 6.45) is 2.28. The van der Waals surface area contributed by atoms with Crippen molar-refractivity contribution < 1.29 is 9.59 Å². The van der Waals surface area contributed by atoms with Gasteiger partial charge in [0.1, 0.15) is 5.82 Å². The molecule has 1 aromatic heterocycles. The summed E-state index contributed by atoms with van der Waals surface area (Å²) in [5.74, 6) is 0.633. The van der Waals surface area contributed by atoms with E-state index in [4.69, 9.17) is 11.6 Å². The van der Waals surface area contributed by atoms with Gasteiger partial charge in [0, 0.05) is 31.1 Å². The summed E-state index contributed by atoms with van der Waals surface area (Å²) in [7, 11) is 0. The van der Waals surface area contributed by atoms with Crippen molar-refractivity contribution in [2.45, 2.75) is 26.2 Å². The summed E-state index contributed by atoms with van der Waals surface area (Å²) in [6, 6.07) is 7.16. The number of amides is 2. The molecule has 132 valence electrons. The fourth-order valence-electron chi connectivity index (χ4n) is 2.80. The molecule has 2 heterocycles. The molecule has 0 radical (unpaired) electrons. The summed E-state index contributed by atoms with van der Waals surface area (Å²) in [5, 5.41) is 7.70. The van der Waals surface area contributed by atoms with Crippen LogP contribution in [0.15, 0.2) is 24.3 Å². The molecule has 1 aromatic carbocycles. The first kappa shape index (κ1) is 17.4. The molecule has 3 rings (SSSR count). The van der Waals surface area contributed by atoms with Crippen molar-refractivity contribution in [3.63, 3.8) is 0 Å². The molecule has 0 aliphatic carbocycles. The van der Waals surface area contributed by atoms with Crippen molar-refractivity contribution >= 4 is 23.4 Å². The number of likely N-dealkylation sites (tertiary alicyclic amines) is 1. The Morgan fingerprint density at radius 2 is 2.08 bits per heavy atom. The molecule has 0 bridgehead atoms. The van der Waals surface area contributed by atoms with E-state index in [0.717, 1.165) is 18.7 Å². The van der Waals surface area contributed by atoms with E-state index in [2.05, 4.69) is 15.4 Å². The maximum absolute atomic E-state index is 12.2. The van der Waals surface area contributed by atoms with Crippen LogP contribution in [0.5, 0.6) is 0 Å². The number of hydrogen-bond acceptors (Lipinski definition) is 4. The minimum absolute atomic E-state index is 0.129. The van der Waals surface area contributed by atoms with Crippen LogP contribution < -0.4 is 5.32 Å². The van der Waals surface area contributed by atoms with Crippen molar-refractivity contribution in [2.24, 2.45) is 0 Å². The molecule has 1 aliphatic rings. The fraction of sp³-hybridized carbons (Fsp3) is 0.412. The number of halogens is 1. The van der Waals surface area contributed by atoms with E-state index in [0.29, 0.717) is 36.8 Å². The second kappa shape index (κ2) is 7.65. The molecule has 0 spiro atoms. The van der Waals surface area contributed by atoms with Gasteiger partial charge in [-0.1, -0.05) is 11.6 Å². The van der Waals surface area contributed by atoms with E-state index in [1.54, 1.807) is 23.7 Å².